The van der Waals surface area contributed by atoms with Crippen LogP contribution in [0.25, 0.3) is 0 Å². The molecule has 0 amide bonds. The van der Waals surface area contributed by atoms with Gasteiger partial charge in [0.2, 0.25) is 0 Å². The van der Waals surface area contributed by atoms with Gasteiger partial charge in [-0.05, 0) is 39.0 Å². The Morgan fingerprint density at radius 1 is 1.40 bits per heavy atom. The minimum atomic E-state index is -0.742. The van der Waals surface area contributed by atoms with Gasteiger partial charge in [-0.15, -0.1) is 0 Å². The highest BCUT2D eigenvalue weighted by molar-refractivity contribution is 5.73. The summed E-state index contributed by atoms with van der Waals surface area (Å²) >= 11 is 0. The minimum Gasteiger partial charge on any atom is -0.481 e. The molecule has 0 aromatic rings. The molecule has 3 nitrogen and oxygen atoms in total. The van der Waals surface area contributed by atoms with E-state index in [0.717, 1.165) is 0 Å². The first-order valence-corrected chi connectivity index (χ1v) is 5.92. The second-order valence-electron chi connectivity index (χ2n) is 5.46. The van der Waals surface area contributed by atoms with E-state index in [2.05, 4.69) is 0 Å². The summed E-state index contributed by atoms with van der Waals surface area (Å²) in [6.45, 7) is 3.52. The zero-order chi connectivity index (χ0) is 11.5. The summed E-state index contributed by atoms with van der Waals surface area (Å²) in [4.78, 5) is 11.0. The third-order valence-electron chi connectivity index (χ3n) is 3.58. The fraction of sp³-hybridized carbons (Fsp3) is 0.917. The van der Waals surface area contributed by atoms with Gasteiger partial charge in [-0.3, -0.25) is 4.79 Å². The molecule has 0 saturated heterocycles. The maximum absolute atomic E-state index is 11.0. The molecular weight excluding hydrogens is 190 g/mol. The van der Waals surface area contributed by atoms with Gasteiger partial charge in [0.1, 0.15) is 0 Å². The van der Waals surface area contributed by atoms with Gasteiger partial charge in [0.05, 0.1) is 5.41 Å². The summed E-state index contributed by atoms with van der Waals surface area (Å²) < 4.78 is 0. The van der Waals surface area contributed by atoms with Crippen LogP contribution in [-0.4, -0.2) is 17.1 Å². The molecule has 88 valence electrons. The van der Waals surface area contributed by atoms with Crippen molar-refractivity contribution in [2.75, 3.05) is 0 Å². The van der Waals surface area contributed by atoms with Gasteiger partial charge in [0, 0.05) is 6.04 Å². The molecule has 1 aliphatic rings. The lowest BCUT2D eigenvalue weighted by Gasteiger charge is -2.31. The Kier molecular flexibility index (Phi) is 4.14. The Hall–Kier alpha value is -0.570. The Balaban J connectivity index is 2.46. The molecule has 0 aromatic carbocycles. The molecule has 1 rings (SSSR count). The van der Waals surface area contributed by atoms with Crippen LogP contribution in [-0.2, 0) is 4.79 Å². The minimum absolute atomic E-state index is 0.0522. The SMILES string of the molecule is CC(C)(CC(N)C1CCCCC1)C(=O)O. The molecule has 0 heterocycles. The van der Waals surface area contributed by atoms with Crippen LogP contribution >= 0.6 is 0 Å². The number of rotatable bonds is 4. The van der Waals surface area contributed by atoms with E-state index in [1.807, 2.05) is 0 Å². The molecule has 0 radical (unpaired) electrons. The van der Waals surface area contributed by atoms with Crippen molar-refractivity contribution in [3.63, 3.8) is 0 Å². The van der Waals surface area contributed by atoms with E-state index < -0.39 is 11.4 Å². The monoisotopic (exact) mass is 213 g/mol. The van der Waals surface area contributed by atoms with Crippen molar-refractivity contribution in [2.45, 2.75) is 58.4 Å². The first-order chi connectivity index (χ1) is 6.93. The van der Waals surface area contributed by atoms with Crippen LogP contribution in [0, 0.1) is 11.3 Å². The maximum atomic E-state index is 11.0. The van der Waals surface area contributed by atoms with Crippen molar-refractivity contribution in [3.05, 3.63) is 0 Å². The topological polar surface area (TPSA) is 63.3 Å². The number of aliphatic carboxylic acids is 1. The molecule has 1 unspecified atom stereocenters. The van der Waals surface area contributed by atoms with Crippen LogP contribution < -0.4 is 5.73 Å². The summed E-state index contributed by atoms with van der Waals surface area (Å²) in [6.07, 6.45) is 6.77. The highest BCUT2D eigenvalue weighted by Gasteiger charge is 2.32. The first kappa shape index (κ1) is 12.5. The number of carboxylic acids is 1. The predicted octanol–water partition coefficient (Wildman–Crippen LogP) is 2.39. The van der Waals surface area contributed by atoms with Crippen molar-refractivity contribution >= 4 is 5.97 Å². The maximum Gasteiger partial charge on any atom is 0.309 e. The average Bonchev–Trinajstić information content (AvgIpc) is 2.18. The molecule has 1 aliphatic carbocycles. The Bertz CT molecular complexity index is 220. The van der Waals surface area contributed by atoms with Crippen LogP contribution in [0.3, 0.4) is 0 Å². The number of nitrogens with two attached hydrogens (primary N) is 1. The Labute approximate surface area is 92.0 Å². The van der Waals surface area contributed by atoms with Crippen LogP contribution in [0.2, 0.25) is 0 Å². The van der Waals surface area contributed by atoms with E-state index in [1.165, 1.54) is 32.1 Å². The molecule has 1 saturated carbocycles. The van der Waals surface area contributed by atoms with Gasteiger partial charge in [0.25, 0.3) is 0 Å². The van der Waals surface area contributed by atoms with Crippen LogP contribution in [0.4, 0.5) is 0 Å². The van der Waals surface area contributed by atoms with Gasteiger partial charge in [-0.25, -0.2) is 0 Å². The van der Waals surface area contributed by atoms with Gasteiger partial charge in [-0.1, -0.05) is 19.3 Å². The smallest absolute Gasteiger partial charge is 0.309 e. The highest BCUT2D eigenvalue weighted by Crippen LogP contribution is 2.31. The number of hydrogen-bond acceptors (Lipinski definition) is 2. The average molecular weight is 213 g/mol. The standard InChI is InChI=1S/C12H23NO2/c1-12(2,11(14)15)8-10(13)9-6-4-3-5-7-9/h9-10H,3-8,13H2,1-2H3,(H,14,15). The van der Waals surface area contributed by atoms with Crippen LogP contribution in [0.5, 0.6) is 0 Å². The molecule has 1 atom stereocenters. The summed E-state index contributed by atoms with van der Waals surface area (Å²) in [6, 6.07) is 0.0522. The molecule has 0 aromatic heterocycles. The van der Waals surface area contributed by atoms with Crippen molar-refractivity contribution in [2.24, 2.45) is 17.1 Å². The van der Waals surface area contributed by atoms with Crippen molar-refractivity contribution < 1.29 is 9.90 Å². The predicted molar refractivity (Wildman–Crippen MR) is 60.6 cm³/mol. The third kappa shape index (κ3) is 3.49. The van der Waals surface area contributed by atoms with Crippen molar-refractivity contribution in [1.82, 2.24) is 0 Å². The van der Waals surface area contributed by atoms with E-state index in [0.29, 0.717) is 12.3 Å². The fourth-order valence-electron chi connectivity index (χ4n) is 2.41. The lowest BCUT2D eigenvalue weighted by Crippen LogP contribution is -2.38. The molecule has 15 heavy (non-hydrogen) atoms. The zero-order valence-electron chi connectivity index (χ0n) is 9.83. The van der Waals surface area contributed by atoms with E-state index in [9.17, 15) is 4.79 Å². The van der Waals surface area contributed by atoms with Crippen LogP contribution in [0.15, 0.2) is 0 Å². The highest BCUT2D eigenvalue weighted by atomic mass is 16.4. The number of carboxylic acid groups (broad SMARTS) is 1. The summed E-state index contributed by atoms with van der Waals surface area (Å²) in [5.74, 6) is -0.203. The van der Waals surface area contributed by atoms with E-state index in [1.54, 1.807) is 13.8 Å². The molecule has 0 spiro atoms. The lowest BCUT2D eigenvalue weighted by atomic mass is 9.77. The Morgan fingerprint density at radius 3 is 2.40 bits per heavy atom. The molecule has 1 fully saturated rings. The van der Waals surface area contributed by atoms with Gasteiger partial charge >= 0.3 is 5.97 Å². The largest absolute Gasteiger partial charge is 0.481 e. The fourth-order valence-corrected chi connectivity index (χ4v) is 2.41. The van der Waals surface area contributed by atoms with E-state index >= 15 is 0 Å². The van der Waals surface area contributed by atoms with E-state index in [4.69, 9.17) is 10.8 Å². The van der Waals surface area contributed by atoms with Crippen molar-refractivity contribution in [1.29, 1.82) is 0 Å². The second kappa shape index (κ2) is 4.97. The number of carbonyl (C=O) groups is 1. The van der Waals surface area contributed by atoms with Crippen LogP contribution in [0.1, 0.15) is 52.4 Å². The van der Waals surface area contributed by atoms with Gasteiger partial charge in [-0.2, -0.15) is 0 Å². The molecule has 0 aliphatic heterocycles. The molecule has 3 heteroatoms. The summed E-state index contributed by atoms with van der Waals surface area (Å²) in [7, 11) is 0. The van der Waals surface area contributed by atoms with E-state index in [-0.39, 0.29) is 6.04 Å². The summed E-state index contributed by atoms with van der Waals surface area (Å²) in [5.41, 5.74) is 5.43. The Morgan fingerprint density at radius 2 is 1.93 bits per heavy atom. The quantitative estimate of drug-likeness (QED) is 0.753. The van der Waals surface area contributed by atoms with Gasteiger partial charge < -0.3 is 10.8 Å². The first-order valence-electron chi connectivity index (χ1n) is 5.92. The summed E-state index contributed by atoms with van der Waals surface area (Å²) in [5, 5.41) is 9.03. The molecule has 3 N–H and O–H groups in total. The molecule has 0 bridgehead atoms. The zero-order valence-corrected chi connectivity index (χ0v) is 9.83. The second-order valence-corrected chi connectivity index (χ2v) is 5.46. The third-order valence-corrected chi connectivity index (χ3v) is 3.58. The lowest BCUT2D eigenvalue weighted by molar-refractivity contribution is -0.147. The normalized spacial score (nSPS) is 21.3. The number of hydrogen-bond donors (Lipinski definition) is 2. The van der Waals surface area contributed by atoms with Gasteiger partial charge in [0.15, 0.2) is 0 Å². The van der Waals surface area contributed by atoms with Crippen molar-refractivity contribution in [3.8, 4) is 0 Å². The molecular formula is C12H23NO2.